The van der Waals surface area contributed by atoms with E-state index in [2.05, 4.69) is 32.5 Å². The molecule has 0 aliphatic carbocycles. The Bertz CT molecular complexity index is 565. The zero-order chi connectivity index (χ0) is 13.7. The lowest BCUT2D eigenvalue weighted by molar-refractivity contribution is 0.862. The van der Waals surface area contributed by atoms with Gasteiger partial charge in [-0.2, -0.15) is 0 Å². The minimum absolute atomic E-state index is 0.550. The van der Waals surface area contributed by atoms with Crippen LogP contribution in [0.3, 0.4) is 0 Å². The van der Waals surface area contributed by atoms with Gasteiger partial charge >= 0.3 is 0 Å². The van der Waals surface area contributed by atoms with E-state index in [0.717, 1.165) is 24.6 Å². The number of aromatic nitrogens is 4. The Morgan fingerprint density at radius 3 is 2.89 bits per heavy atom. The van der Waals surface area contributed by atoms with Crippen LogP contribution in [-0.2, 0) is 6.42 Å². The van der Waals surface area contributed by atoms with Gasteiger partial charge in [0.1, 0.15) is 23.8 Å². The van der Waals surface area contributed by atoms with Gasteiger partial charge in [0.05, 0.1) is 0 Å². The van der Waals surface area contributed by atoms with Crippen LogP contribution in [0.4, 0.5) is 5.82 Å². The van der Waals surface area contributed by atoms with Gasteiger partial charge in [-0.3, -0.25) is 4.57 Å². The van der Waals surface area contributed by atoms with Gasteiger partial charge < -0.3 is 10.6 Å². The Labute approximate surface area is 117 Å². The molecule has 0 saturated heterocycles. The molecule has 19 heavy (non-hydrogen) atoms. The third-order valence-electron chi connectivity index (χ3n) is 2.51. The molecule has 2 heterocycles. The van der Waals surface area contributed by atoms with Crippen LogP contribution in [-0.4, -0.2) is 31.2 Å². The zero-order valence-corrected chi connectivity index (χ0v) is 11.7. The van der Waals surface area contributed by atoms with E-state index in [4.69, 9.17) is 12.2 Å². The lowest BCUT2D eigenvalue weighted by Crippen LogP contribution is -2.28. The van der Waals surface area contributed by atoms with E-state index < -0.39 is 0 Å². The van der Waals surface area contributed by atoms with E-state index in [9.17, 15) is 0 Å². The van der Waals surface area contributed by atoms with Gasteiger partial charge in [0, 0.05) is 31.4 Å². The van der Waals surface area contributed by atoms with Gasteiger partial charge in [-0.1, -0.05) is 6.92 Å². The van der Waals surface area contributed by atoms with Gasteiger partial charge in [-0.15, -0.1) is 0 Å². The minimum Gasteiger partial charge on any atom is -0.363 e. The lowest BCUT2D eigenvalue weighted by Gasteiger charge is -2.10. The molecule has 2 aromatic heterocycles. The van der Waals surface area contributed by atoms with Crippen molar-refractivity contribution in [3.63, 3.8) is 0 Å². The van der Waals surface area contributed by atoms with Crippen molar-refractivity contribution in [1.82, 2.24) is 24.8 Å². The normalized spacial score (nSPS) is 10.2. The molecule has 100 valence electrons. The van der Waals surface area contributed by atoms with E-state index in [1.165, 1.54) is 6.33 Å². The molecule has 2 rings (SSSR count). The van der Waals surface area contributed by atoms with Crippen LogP contribution < -0.4 is 10.6 Å². The molecule has 0 aliphatic rings. The summed E-state index contributed by atoms with van der Waals surface area (Å²) in [7, 11) is 0. The standard InChI is InChI=1S/C12H16N6S/c1-3-10-14-5-6-18(10)11-7-9(15-8-16-11)17-12(19)13-4-2/h5-8H,3-4H2,1-2H3,(H2,13,15,16,17,19). The van der Waals surface area contributed by atoms with Crippen molar-refractivity contribution in [3.05, 3.63) is 30.6 Å². The molecule has 0 fully saturated rings. The van der Waals surface area contributed by atoms with Crippen molar-refractivity contribution >= 4 is 23.1 Å². The fourth-order valence-corrected chi connectivity index (χ4v) is 1.92. The largest absolute Gasteiger partial charge is 0.363 e. The van der Waals surface area contributed by atoms with E-state index in [-0.39, 0.29) is 0 Å². The smallest absolute Gasteiger partial charge is 0.171 e. The highest BCUT2D eigenvalue weighted by atomic mass is 32.1. The summed E-state index contributed by atoms with van der Waals surface area (Å²) in [5.41, 5.74) is 0. The molecule has 0 radical (unpaired) electrons. The van der Waals surface area contributed by atoms with E-state index in [0.29, 0.717) is 10.9 Å². The molecule has 0 aliphatic heterocycles. The third-order valence-corrected chi connectivity index (χ3v) is 2.76. The van der Waals surface area contributed by atoms with Crippen molar-refractivity contribution in [1.29, 1.82) is 0 Å². The molecular formula is C12H16N6S. The molecule has 2 N–H and O–H groups in total. The van der Waals surface area contributed by atoms with Crippen LogP contribution in [0.5, 0.6) is 0 Å². The zero-order valence-electron chi connectivity index (χ0n) is 10.9. The summed E-state index contributed by atoms with van der Waals surface area (Å²) in [6.07, 6.45) is 5.99. The second-order valence-corrected chi connectivity index (χ2v) is 4.22. The highest BCUT2D eigenvalue weighted by molar-refractivity contribution is 7.80. The molecule has 6 nitrogen and oxygen atoms in total. The van der Waals surface area contributed by atoms with Gasteiger partial charge in [0.25, 0.3) is 0 Å². The Hall–Kier alpha value is -2.02. The molecule has 0 spiro atoms. The quantitative estimate of drug-likeness (QED) is 0.826. The minimum atomic E-state index is 0.550. The second-order valence-electron chi connectivity index (χ2n) is 3.81. The third kappa shape index (κ3) is 3.25. The molecule has 0 unspecified atom stereocenters. The van der Waals surface area contributed by atoms with E-state index in [1.807, 2.05) is 23.8 Å². The molecule has 0 saturated carbocycles. The molecule has 0 amide bonds. The number of thiocarbonyl (C=S) groups is 1. The summed E-state index contributed by atoms with van der Waals surface area (Å²) >= 11 is 5.13. The summed E-state index contributed by atoms with van der Waals surface area (Å²) in [6.45, 7) is 4.81. The van der Waals surface area contributed by atoms with Crippen molar-refractivity contribution in [2.75, 3.05) is 11.9 Å². The monoisotopic (exact) mass is 276 g/mol. The number of aryl methyl sites for hydroxylation is 1. The number of anilines is 1. The molecular weight excluding hydrogens is 260 g/mol. The molecule has 7 heteroatoms. The first-order valence-electron chi connectivity index (χ1n) is 6.14. The summed E-state index contributed by atoms with van der Waals surface area (Å²) in [6, 6.07) is 1.84. The van der Waals surface area contributed by atoms with Crippen LogP contribution in [0.25, 0.3) is 5.82 Å². The van der Waals surface area contributed by atoms with Gasteiger partial charge in [-0.25, -0.2) is 15.0 Å². The number of imidazole rings is 1. The van der Waals surface area contributed by atoms with E-state index >= 15 is 0 Å². The average Bonchev–Trinajstić information content (AvgIpc) is 2.87. The first-order valence-corrected chi connectivity index (χ1v) is 6.55. The fraction of sp³-hybridized carbons (Fsp3) is 0.333. The molecule has 0 bridgehead atoms. The highest BCUT2D eigenvalue weighted by Gasteiger charge is 2.06. The number of rotatable bonds is 4. The first kappa shape index (κ1) is 13.4. The van der Waals surface area contributed by atoms with Gasteiger partial charge in [0.15, 0.2) is 5.11 Å². The van der Waals surface area contributed by atoms with Crippen LogP contribution in [0.15, 0.2) is 24.8 Å². The topological polar surface area (TPSA) is 67.7 Å². The average molecular weight is 276 g/mol. The Kier molecular flexibility index (Phi) is 4.40. The molecule has 0 aromatic carbocycles. The first-order chi connectivity index (χ1) is 9.24. The van der Waals surface area contributed by atoms with Crippen LogP contribution in [0.2, 0.25) is 0 Å². The maximum Gasteiger partial charge on any atom is 0.171 e. The number of hydrogen-bond acceptors (Lipinski definition) is 4. The molecule has 2 aromatic rings. The fourth-order valence-electron chi connectivity index (χ4n) is 1.67. The summed E-state index contributed by atoms with van der Waals surface area (Å²) in [5, 5.41) is 6.58. The molecule has 0 atom stereocenters. The summed E-state index contributed by atoms with van der Waals surface area (Å²) in [5.74, 6) is 2.39. The predicted molar refractivity (Wildman–Crippen MR) is 78.4 cm³/mol. The summed E-state index contributed by atoms with van der Waals surface area (Å²) in [4.78, 5) is 12.7. The number of nitrogens with one attached hydrogen (secondary N) is 2. The Morgan fingerprint density at radius 2 is 2.16 bits per heavy atom. The number of nitrogens with zero attached hydrogens (tertiary/aromatic N) is 4. The van der Waals surface area contributed by atoms with Crippen LogP contribution in [0, 0.1) is 0 Å². The van der Waals surface area contributed by atoms with E-state index in [1.54, 1.807) is 6.20 Å². The van der Waals surface area contributed by atoms with Gasteiger partial charge in [-0.05, 0) is 19.1 Å². The predicted octanol–water partition coefficient (Wildman–Crippen LogP) is 1.53. The lowest BCUT2D eigenvalue weighted by atomic mass is 10.4. The van der Waals surface area contributed by atoms with Crippen molar-refractivity contribution < 1.29 is 0 Å². The number of hydrogen-bond donors (Lipinski definition) is 2. The maximum absolute atomic E-state index is 5.13. The highest BCUT2D eigenvalue weighted by Crippen LogP contribution is 2.11. The Morgan fingerprint density at radius 1 is 1.32 bits per heavy atom. The van der Waals surface area contributed by atoms with Crippen molar-refractivity contribution in [2.45, 2.75) is 20.3 Å². The van der Waals surface area contributed by atoms with Crippen LogP contribution >= 0.6 is 12.2 Å². The summed E-state index contributed by atoms with van der Waals surface area (Å²) < 4.78 is 1.93. The van der Waals surface area contributed by atoms with Gasteiger partial charge in [0.2, 0.25) is 0 Å². The van der Waals surface area contributed by atoms with Crippen molar-refractivity contribution in [2.24, 2.45) is 0 Å². The SMILES string of the molecule is CCNC(=S)Nc1cc(-n2ccnc2CC)ncn1. The Balaban J connectivity index is 2.22. The van der Waals surface area contributed by atoms with Crippen LogP contribution in [0.1, 0.15) is 19.7 Å². The maximum atomic E-state index is 5.13. The second kappa shape index (κ2) is 6.24. The van der Waals surface area contributed by atoms with Crippen molar-refractivity contribution in [3.8, 4) is 5.82 Å².